The van der Waals surface area contributed by atoms with Gasteiger partial charge in [-0.15, -0.1) is 11.6 Å². The molecule has 0 aromatic carbocycles. The van der Waals surface area contributed by atoms with Gasteiger partial charge in [0.15, 0.2) is 0 Å². The number of carbonyl (C=O) groups excluding carboxylic acids is 1. The lowest BCUT2D eigenvalue weighted by Crippen LogP contribution is -2.05. The van der Waals surface area contributed by atoms with Gasteiger partial charge in [0.1, 0.15) is 0 Å². The molecular formula is C9H17ClO2. The quantitative estimate of drug-likeness (QED) is 0.352. The smallest absolute Gasteiger partial charge is 0.306 e. The predicted octanol–water partition coefficient (Wildman–Crippen LogP) is 2.74. The molecule has 0 radical (unpaired) electrons. The fourth-order valence-electron chi connectivity index (χ4n) is 0.864. The fourth-order valence-corrected chi connectivity index (χ4v) is 1.02. The van der Waals surface area contributed by atoms with Crippen molar-refractivity contribution in [3.8, 4) is 0 Å². The third kappa shape index (κ3) is 7.86. The average molecular weight is 193 g/mol. The Morgan fingerprint density at radius 2 is 2.08 bits per heavy atom. The highest BCUT2D eigenvalue weighted by atomic mass is 35.5. The summed E-state index contributed by atoms with van der Waals surface area (Å²) in [7, 11) is 0. The second kappa shape index (κ2) is 8.85. The van der Waals surface area contributed by atoms with E-state index in [1.807, 2.05) is 0 Å². The van der Waals surface area contributed by atoms with Crippen LogP contribution in [0.15, 0.2) is 0 Å². The third-order valence-corrected chi connectivity index (χ3v) is 1.75. The number of rotatable bonds is 7. The number of unbranched alkanes of at least 4 members (excludes halogenated alkanes) is 3. The van der Waals surface area contributed by atoms with E-state index in [9.17, 15) is 4.79 Å². The van der Waals surface area contributed by atoms with Crippen LogP contribution in [0.25, 0.3) is 0 Å². The molecule has 0 fully saturated rings. The first kappa shape index (κ1) is 11.8. The average Bonchev–Trinajstić information content (AvgIpc) is 2.05. The molecule has 0 N–H and O–H groups in total. The van der Waals surface area contributed by atoms with Gasteiger partial charge in [0, 0.05) is 5.88 Å². The van der Waals surface area contributed by atoms with E-state index in [0.29, 0.717) is 18.9 Å². The van der Waals surface area contributed by atoms with Gasteiger partial charge in [-0.2, -0.15) is 0 Å². The van der Waals surface area contributed by atoms with E-state index in [4.69, 9.17) is 16.3 Å². The van der Waals surface area contributed by atoms with Crippen LogP contribution < -0.4 is 0 Å². The summed E-state index contributed by atoms with van der Waals surface area (Å²) in [6.07, 6.45) is 4.87. The van der Waals surface area contributed by atoms with Crippen LogP contribution in [-0.2, 0) is 9.53 Å². The normalized spacial score (nSPS) is 9.83. The first-order chi connectivity index (χ1) is 5.81. The predicted molar refractivity (Wildman–Crippen MR) is 50.4 cm³/mol. The molecule has 2 nitrogen and oxygen atoms in total. The van der Waals surface area contributed by atoms with Gasteiger partial charge in [-0.1, -0.05) is 26.2 Å². The summed E-state index contributed by atoms with van der Waals surface area (Å²) >= 11 is 5.36. The second-order valence-corrected chi connectivity index (χ2v) is 3.10. The lowest BCUT2D eigenvalue weighted by Gasteiger charge is -2.02. The number of hydrogen-bond donors (Lipinski definition) is 0. The molecule has 0 aliphatic carbocycles. The number of ether oxygens (including phenoxy) is 1. The van der Waals surface area contributed by atoms with E-state index < -0.39 is 0 Å². The zero-order valence-electron chi connectivity index (χ0n) is 7.64. The van der Waals surface area contributed by atoms with Gasteiger partial charge in [-0.3, -0.25) is 4.79 Å². The summed E-state index contributed by atoms with van der Waals surface area (Å²) in [5.41, 5.74) is 0. The summed E-state index contributed by atoms with van der Waals surface area (Å²) in [5, 5.41) is 0. The van der Waals surface area contributed by atoms with E-state index in [2.05, 4.69) is 6.92 Å². The summed E-state index contributed by atoms with van der Waals surface area (Å²) < 4.78 is 4.91. The third-order valence-electron chi connectivity index (χ3n) is 1.56. The van der Waals surface area contributed by atoms with Crippen molar-refractivity contribution >= 4 is 17.6 Å². The molecule has 0 heterocycles. The molecule has 0 amide bonds. The van der Waals surface area contributed by atoms with Crippen LogP contribution in [0.3, 0.4) is 0 Å². The lowest BCUT2D eigenvalue weighted by atomic mass is 10.2. The standard InChI is InChI=1S/C9H17ClO2/c1-2-3-4-5-8-12-9(11)6-7-10/h2-8H2,1H3. The van der Waals surface area contributed by atoms with Crippen molar-refractivity contribution in [2.45, 2.75) is 39.0 Å². The molecular weight excluding hydrogens is 176 g/mol. The first-order valence-electron chi connectivity index (χ1n) is 4.52. The minimum Gasteiger partial charge on any atom is -0.466 e. The maximum absolute atomic E-state index is 10.8. The van der Waals surface area contributed by atoms with Crippen molar-refractivity contribution in [2.75, 3.05) is 12.5 Å². The van der Waals surface area contributed by atoms with Crippen molar-refractivity contribution in [3.63, 3.8) is 0 Å². The van der Waals surface area contributed by atoms with E-state index in [0.717, 1.165) is 12.8 Å². The van der Waals surface area contributed by atoms with Crippen LogP contribution in [0.4, 0.5) is 0 Å². The van der Waals surface area contributed by atoms with Gasteiger partial charge < -0.3 is 4.74 Å². The molecule has 0 aromatic rings. The van der Waals surface area contributed by atoms with Crippen molar-refractivity contribution < 1.29 is 9.53 Å². The summed E-state index contributed by atoms with van der Waals surface area (Å²) in [5.74, 6) is 0.176. The molecule has 0 aromatic heterocycles. The van der Waals surface area contributed by atoms with Crippen molar-refractivity contribution in [1.82, 2.24) is 0 Å². The first-order valence-corrected chi connectivity index (χ1v) is 5.06. The van der Waals surface area contributed by atoms with Crippen LogP contribution in [0.5, 0.6) is 0 Å². The van der Waals surface area contributed by atoms with Gasteiger partial charge in [0.05, 0.1) is 13.0 Å². The van der Waals surface area contributed by atoms with Gasteiger partial charge in [-0.25, -0.2) is 0 Å². The molecule has 0 saturated carbocycles. The second-order valence-electron chi connectivity index (χ2n) is 2.72. The highest BCUT2D eigenvalue weighted by Gasteiger charge is 1.99. The van der Waals surface area contributed by atoms with Crippen LogP contribution in [0, 0.1) is 0 Å². The molecule has 0 rings (SSSR count). The summed E-state index contributed by atoms with van der Waals surface area (Å²) in [6, 6.07) is 0. The lowest BCUT2D eigenvalue weighted by molar-refractivity contribution is -0.143. The van der Waals surface area contributed by atoms with E-state index in [1.54, 1.807) is 0 Å². The minimum absolute atomic E-state index is 0.179. The van der Waals surface area contributed by atoms with Crippen LogP contribution in [0.1, 0.15) is 39.0 Å². The van der Waals surface area contributed by atoms with Crippen molar-refractivity contribution in [3.05, 3.63) is 0 Å². The van der Waals surface area contributed by atoms with E-state index in [-0.39, 0.29) is 5.97 Å². The SMILES string of the molecule is CCCCCCOC(=O)CCCl. The molecule has 72 valence electrons. The van der Waals surface area contributed by atoms with Crippen LogP contribution in [-0.4, -0.2) is 18.5 Å². The van der Waals surface area contributed by atoms with Crippen molar-refractivity contribution in [2.24, 2.45) is 0 Å². The highest BCUT2D eigenvalue weighted by Crippen LogP contribution is 1.99. The Hall–Kier alpha value is -0.240. The Labute approximate surface area is 79.2 Å². The number of alkyl halides is 1. The molecule has 0 unspecified atom stereocenters. The van der Waals surface area contributed by atoms with Crippen LogP contribution in [0.2, 0.25) is 0 Å². The van der Waals surface area contributed by atoms with Gasteiger partial charge in [0.25, 0.3) is 0 Å². The number of hydrogen-bond acceptors (Lipinski definition) is 2. The topological polar surface area (TPSA) is 26.3 Å². The monoisotopic (exact) mass is 192 g/mol. The summed E-state index contributed by atoms with van der Waals surface area (Å²) in [4.78, 5) is 10.8. The Kier molecular flexibility index (Phi) is 8.68. The van der Waals surface area contributed by atoms with Crippen LogP contribution >= 0.6 is 11.6 Å². The Morgan fingerprint density at radius 3 is 2.67 bits per heavy atom. The number of esters is 1. The molecule has 12 heavy (non-hydrogen) atoms. The molecule has 0 aliphatic rings. The molecule has 0 aliphatic heterocycles. The number of halogens is 1. The molecule has 0 atom stereocenters. The Balaban J connectivity index is 3.03. The Morgan fingerprint density at radius 1 is 1.33 bits per heavy atom. The van der Waals surface area contributed by atoms with Gasteiger partial charge in [0.2, 0.25) is 0 Å². The molecule has 0 spiro atoms. The van der Waals surface area contributed by atoms with E-state index in [1.165, 1.54) is 12.8 Å². The largest absolute Gasteiger partial charge is 0.466 e. The van der Waals surface area contributed by atoms with Gasteiger partial charge >= 0.3 is 5.97 Å². The molecule has 0 saturated heterocycles. The van der Waals surface area contributed by atoms with E-state index >= 15 is 0 Å². The molecule has 0 bridgehead atoms. The molecule has 3 heteroatoms. The highest BCUT2D eigenvalue weighted by molar-refractivity contribution is 6.18. The minimum atomic E-state index is -0.179. The zero-order valence-corrected chi connectivity index (χ0v) is 8.40. The Bertz CT molecular complexity index is 115. The fraction of sp³-hybridized carbons (Fsp3) is 0.889. The maximum Gasteiger partial charge on any atom is 0.306 e. The maximum atomic E-state index is 10.8. The van der Waals surface area contributed by atoms with Gasteiger partial charge in [-0.05, 0) is 6.42 Å². The van der Waals surface area contributed by atoms with Crippen molar-refractivity contribution in [1.29, 1.82) is 0 Å². The number of carbonyl (C=O) groups is 1. The summed E-state index contributed by atoms with van der Waals surface area (Å²) in [6.45, 7) is 2.70. The zero-order chi connectivity index (χ0) is 9.23.